The van der Waals surface area contributed by atoms with E-state index in [1.165, 1.54) is 16.8 Å². The number of alkyl halides is 3. The number of aromatic carboxylic acids is 1. The number of halogens is 3. The van der Waals surface area contributed by atoms with Gasteiger partial charge in [-0.1, -0.05) is 29.4 Å². The Kier molecular flexibility index (Phi) is 7.11. The van der Waals surface area contributed by atoms with E-state index in [0.29, 0.717) is 34.8 Å². The summed E-state index contributed by atoms with van der Waals surface area (Å²) in [5, 5.41) is 17.9. The van der Waals surface area contributed by atoms with Gasteiger partial charge in [-0.25, -0.2) is 4.79 Å². The van der Waals surface area contributed by atoms with Gasteiger partial charge in [0.05, 0.1) is 18.4 Å². The van der Waals surface area contributed by atoms with E-state index < -0.39 is 12.3 Å². The van der Waals surface area contributed by atoms with Crippen molar-refractivity contribution in [2.75, 3.05) is 4.90 Å². The molecule has 2 unspecified atom stereocenters. The fourth-order valence-corrected chi connectivity index (χ4v) is 6.71. The molecule has 7 rings (SSSR count). The summed E-state index contributed by atoms with van der Waals surface area (Å²) >= 11 is 0. The number of hydrogen-bond donors (Lipinski definition) is 1. The zero-order valence-electron chi connectivity index (χ0n) is 24.0. The number of aryl methyl sites for hydroxylation is 1. The summed E-state index contributed by atoms with van der Waals surface area (Å²) in [6.45, 7) is 0.201. The van der Waals surface area contributed by atoms with Gasteiger partial charge in [-0.15, -0.1) is 13.2 Å². The van der Waals surface area contributed by atoms with Gasteiger partial charge in [0, 0.05) is 47.4 Å². The molecule has 3 aliphatic rings. The SMILES string of the molecule is Cn1nc(-c2ccc(N3C4CCC3CC(OCc3c(-c5ccccc5OC(F)(F)F)noc3C3CC3)C4)cc2)cc1C(=O)O. The first-order valence-electron chi connectivity index (χ1n) is 14.8. The van der Waals surface area contributed by atoms with Crippen LogP contribution in [0.5, 0.6) is 5.75 Å². The molecule has 2 aromatic heterocycles. The summed E-state index contributed by atoms with van der Waals surface area (Å²) in [6.07, 6.45) is 0.801. The Morgan fingerprint density at radius 2 is 1.75 bits per heavy atom. The first-order valence-corrected chi connectivity index (χ1v) is 14.8. The van der Waals surface area contributed by atoms with E-state index in [-0.39, 0.29) is 35.6 Å². The average molecular weight is 609 g/mol. The van der Waals surface area contributed by atoms with Crippen molar-refractivity contribution in [1.82, 2.24) is 14.9 Å². The topological polar surface area (TPSA) is 103 Å². The summed E-state index contributed by atoms with van der Waals surface area (Å²) < 4.78 is 57.2. The number of carboxylic acids is 1. The van der Waals surface area contributed by atoms with Gasteiger partial charge in [0.2, 0.25) is 0 Å². The summed E-state index contributed by atoms with van der Waals surface area (Å²) in [4.78, 5) is 13.9. The highest BCUT2D eigenvalue weighted by atomic mass is 19.4. The quantitative estimate of drug-likeness (QED) is 0.218. The lowest BCUT2D eigenvalue weighted by Gasteiger charge is -2.40. The molecule has 2 aliphatic heterocycles. The van der Waals surface area contributed by atoms with Gasteiger partial charge >= 0.3 is 12.3 Å². The predicted octanol–water partition coefficient (Wildman–Crippen LogP) is 6.93. The summed E-state index contributed by atoms with van der Waals surface area (Å²) in [5.41, 5.74) is 3.94. The highest BCUT2D eigenvalue weighted by molar-refractivity contribution is 5.87. The number of nitrogens with zero attached hydrogens (tertiary/aromatic N) is 4. The lowest BCUT2D eigenvalue weighted by Crippen LogP contribution is -2.45. The number of benzene rings is 2. The molecule has 9 nitrogen and oxygen atoms in total. The third-order valence-electron chi connectivity index (χ3n) is 8.85. The van der Waals surface area contributed by atoms with Crippen molar-refractivity contribution >= 4 is 11.7 Å². The van der Waals surface area contributed by atoms with Gasteiger partial charge < -0.3 is 24.0 Å². The summed E-state index contributed by atoms with van der Waals surface area (Å²) in [7, 11) is 1.61. The second-order valence-electron chi connectivity index (χ2n) is 11.8. The Hall–Kier alpha value is -4.32. The van der Waals surface area contributed by atoms with Crippen molar-refractivity contribution in [2.24, 2.45) is 7.05 Å². The van der Waals surface area contributed by atoms with E-state index in [1.807, 2.05) is 12.1 Å². The smallest absolute Gasteiger partial charge is 0.477 e. The molecule has 2 saturated heterocycles. The van der Waals surface area contributed by atoms with Crippen LogP contribution in [0.15, 0.2) is 59.1 Å². The van der Waals surface area contributed by atoms with E-state index >= 15 is 0 Å². The van der Waals surface area contributed by atoms with Crippen molar-refractivity contribution < 1.29 is 37.1 Å². The number of piperidine rings is 1. The van der Waals surface area contributed by atoms with E-state index in [1.54, 1.807) is 25.2 Å². The minimum absolute atomic E-state index is 0.0116. The molecular weight excluding hydrogens is 577 g/mol. The maximum absolute atomic E-state index is 13.1. The number of carboxylic acid groups (broad SMARTS) is 1. The Morgan fingerprint density at radius 3 is 2.39 bits per heavy atom. The third kappa shape index (κ3) is 5.54. The maximum Gasteiger partial charge on any atom is 0.573 e. The highest BCUT2D eigenvalue weighted by Gasteiger charge is 2.42. The molecule has 1 aliphatic carbocycles. The monoisotopic (exact) mass is 608 g/mol. The number of fused-ring (bicyclic) bond motifs is 2. The Bertz CT molecular complexity index is 1660. The molecule has 2 atom stereocenters. The summed E-state index contributed by atoms with van der Waals surface area (Å²) in [6, 6.07) is 16.2. The second-order valence-corrected chi connectivity index (χ2v) is 11.8. The molecule has 12 heteroatoms. The fourth-order valence-electron chi connectivity index (χ4n) is 6.71. The minimum atomic E-state index is -4.83. The zero-order chi connectivity index (χ0) is 30.6. The van der Waals surface area contributed by atoms with E-state index in [4.69, 9.17) is 9.26 Å². The molecule has 3 fully saturated rings. The lowest BCUT2D eigenvalue weighted by molar-refractivity contribution is -0.274. The molecule has 0 spiro atoms. The molecule has 0 amide bonds. The number of para-hydroxylation sites is 1. The predicted molar refractivity (Wildman–Crippen MR) is 153 cm³/mol. The highest BCUT2D eigenvalue weighted by Crippen LogP contribution is 2.46. The van der Waals surface area contributed by atoms with Crippen LogP contribution in [0, 0.1) is 0 Å². The number of carbonyl (C=O) groups is 1. The van der Waals surface area contributed by atoms with E-state index in [9.17, 15) is 23.1 Å². The average Bonchev–Trinajstić information content (AvgIpc) is 3.53. The van der Waals surface area contributed by atoms with Crippen molar-refractivity contribution in [1.29, 1.82) is 0 Å². The number of anilines is 1. The van der Waals surface area contributed by atoms with E-state index in [2.05, 4.69) is 32.0 Å². The van der Waals surface area contributed by atoms with Crippen LogP contribution in [0.3, 0.4) is 0 Å². The van der Waals surface area contributed by atoms with Crippen LogP contribution in [0.2, 0.25) is 0 Å². The molecule has 1 saturated carbocycles. The number of rotatable bonds is 9. The first kappa shape index (κ1) is 28.5. The van der Waals surface area contributed by atoms with Crippen molar-refractivity contribution in [3.8, 4) is 28.3 Å². The van der Waals surface area contributed by atoms with Gasteiger partial charge in [0.25, 0.3) is 0 Å². The van der Waals surface area contributed by atoms with Crippen LogP contribution in [-0.2, 0) is 18.4 Å². The minimum Gasteiger partial charge on any atom is -0.477 e. The van der Waals surface area contributed by atoms with Crippen LogP contribution in [0.4, 0.5) is 18.9 Å². The maximum atomic E-state index is 13.1. The van der Waals surface area contributed by atoms with Crippen LogP contribution >= 0.6 is 0 Å². The summed E-state index contributed by atoms with van der Waals surface area (Å²) in [5.74, 6) is -0.451. The fraction of sp³-hybridized carbons (Fsp3) is 0.406. The van der Waals surface area contributed by atoms with Gasteiger partial charge in [-0.05, 0) is 68.9 Å². The van der Waals surface area contributed by atoms with Crippen LogP contribution in [0.1, 0.15) is 66.3 Å². The largest absolute Gasteiger partial charge is 0.573 e. The molecule has 2 aromatic carbocycles. The standard InChI is InChI=1S/C32H31F3N4O5/c1-38-27(31(40)41)16-26(36-38)18-8-10-20(11-9-18)39-21-12-13-22(39)15-23(14-21)42-17-25-29(37-44-30(25)19-6-7-19)24-4-2-3-5-28(24)43-32(33,34)35/h2-5,8-11,16,19,21-23H,6-7,12-15,17H2,1H3,(H,40,41). The number of aromatic nitrogens is 3. The molecule has 230 valence electrons. The van der Waals surface area contributed by atoms with Crippen LogP contribution in [-0.4, -0.2) is 50.6 Å². The number of ether oxygens (including phenoxy) is 2. The normalized spacial score (nSPS) is 21.5. The molecule has 4 aromatic rings. The third-order valence-corrected chi connectivity index (χ3v) is 8.85. The van der Waals surface area contributed by atoms with Crippen molar-refractivity contribution in [3.05, 3.63) is 71.6 Å². The molecule has 1 N–H and O–H groups in total. The van der Waals surface area contributed by atoms with Crippen LogP contribution < -0.4 is 9.64 Å². The van der Waals surface area contributed by atoms with Gasteiger partial charge in [-0.2, -0.15) is 5.10 Å². The Labute approximate surface area is 251 Å². The molecule has 0 radical (unpaired) electrons. The molecule has 4 heterocycles. The van der Waals surface area contributed by atoms with Crippen molar-refractivity contribution in [2.45, 2.75) is 75.6 Å². The van der Waals surface area contributed by atoms with Gasteiger partial charge in [0.15, 0.2) is 0 Å². The Morgan fingerprint density at radius 1 is 1.05 bits per heavy atom. The second kappa shape index (κ2) is 11.0. The Balaban J connectivity index is 1.06. The van der Waals surface area contributed by atoms with E-state index in [0.717, 1.165) is 49.8 Å². The van der Waals surface area contributed by atoms with Gasteiger partial charge in [-0.3, -0.25) is 4.68 Å². The molecule has 44 heavy (non-hydrogen) atoms. The molecule has 2 bridgehead atoms. The molecular formula is C32H31F3N4O5. The number of hydrogen-bond acceptors (Lipinski definition) is 7. The van der Waals surface area contributed by atoms with Gasteiger partial charge in [0.1, 0.15) is 22.9 Å². The lowest BCUT2D eigenvalue weighted by atomic mass is 9.98. The zero-order valence-corrected chi connectivity index (χ0v) is 24.0. The van der Waals surface area contributed by atoms with Crippen molar-refractivity contribution in [3.63, 3.8) is 0 Å². The first-order chi connectivity index (χ1) is 21.1. The van der Waals surface area contributed by atoms with Crippen LogP contribution in [0.25, 0.3) is 22.5 Å².